The number of amides is 1. The summed E-state index contributed by atoms with van der Waals surface area (Å²) in [5.74, 6) is -0.247. The van der Waals surface area contributed by atoms with Gasteiger partial charge in [-0.15, -0.1) is 0 Å². The Morgan fingerprint density at radius 1 is 0.897 bits per heavy atom. The zero-order chi connectivity index (χ0) is 27.7. The predicted octanol–water partition coefficient (Wildman–Crippen LogP) is 5.52. The van der Waals surface area contributed by atoms with Gasteiger partial charge in [0.05, 0.1) is 18.2 Å². The molecule has 206 valence electrons. The molecule has 6 nitrogen and oxygen atoms in total. The van der Waals surface area contributed by atoms with Crippen LogP contribution in [-0.2, 0) is 10.5 Å². The fourth-order valence-electron chi connectivity index (χ4n) is 5.36. The normalized spacial score (nSPS) is 23.8. The van der Waals surface area contributed by atoms with Gasteiger partial charge in [0, 0.05) is 47.9 Å². The average molecular weight is 572 g/mol. The molecular formula is C30H33Cl2FN4O2. The molecule has 2 N–H and O–H groups in total. The van der Waals surface area contributed by atoms with E-state index in [2.05, 4.69) is 15.5 Å². The highest BCUT2D eigenvalue weighted by Crippen LogP contribution is 2.45. The van der Waals surface area contributed by atoms with Crippen molar-refractivity contribution in [3.8, 4) is 5.75 Å². The predicted molar refractivity (Wildman–Crippen MR) is 153 cm³/mol. The Bertz CT molecular complexity index is 1260. The number of nitrogens with one attached hydrogen (secondary N) is 2. The number of carbonyl (C=O) groups is 1. The van der Waals surface area contributed by atoms with Crippen LogP contribution in [0, 0.1) is 5.82 Å². The number of rotatable bonds is 6. The molecule has 0 aliphatic carbocycles. The summed E-state index contributed by atoms with van der Waals surface area (Å²) in [6.07, 6.45) is -0.220. The first-order valence-corrected chi connectivity index (χ1v) is 13.9. The number of halogens is 3. The van der Waals surface area contributed by atoms with Gasteiger partial charge in [-0.05, 0) is 68.4 Å². The summed E-state index contributed by atoms with van der Waals surface area (Å²) in [6, 6.07) is 18.9. The van der Waals surface area contributed by atoms with E-state index in [1.807, 2.05) is 74.3 Å². The number of carbonyl (C=O) groups excluding carboxylic acids is 1. The molecule has 0 saturated carbocycles. The van der Waals surface area contributed by atoms with E-state index in [0.717, 1.165) is 24.2 Å². The first-order chi connectivity index (χ1) is 18.7. The Hall–Kier alpha value is -2.68. The van der Waals surface area contributed by atoms with E-state index in [9.17, 15) is 9.18 Å². The van der Waals surface area contributed by atoms with E-state index < -0.39 is 11.5 Å². The highest BCUT2D eigenvalue weighted by molar-refractivity contribution is 6.30. The third-order valence-electron chi connectivity index (χ3n) is 7.36. The van der Waals surface area contributed by atoms with Crippen molar-refractivity contribution in [3.05, 3.63) is 99.3 Å². The lowest BCUT2D eigenvalue weighted by Gasteiger charge is -2.40. The summed E-state index contributed by atoms with van der Waals surface area (Å²) in [5, 5.41) is 8.58. The van der Waals surface area contributed by atoms with E-state index in [-0.39, 0.29) is 24.1 Å². The summed E-state index contributed by atoms with van der Waals surface area (Å²) in [4.78, 5) is 18.7. The minimum Gasteiger partial charge on any atom is -0.490 e. The SMILES string of the molecule is CC(C)Oc1cc(F)ccc1C1(C(=O)N2CCN(C)CC2)NC(c2ccc(Cl)cc2)C(c2ccc(Cl)cc2)N1. The van der Waals surface area contributed by atoms with Crippen molar-refractivity contribution in [1.82, 2.24) is 20.4 Å². The van der Waals surface area contributed by atoms with Crippen molar-refractivity contribution in [1.29, 1.82) is 0 Å². The molecule has 2 unspecified atom stereocenters. The smallest absolute Gasteiger partial charge is 0.262 e. The van der Waals surface area contributed by atoms with Crippen molar-refractivity contribution in [2.45, 2.75) is 37.7 Å². The number of hydrogen-bond donors (Lipinski definition) is 2. The molecule has 2 heterocycles. The monoisotopic (exact) mass is 570 g/mol. The van der Waals surface area contributed by atoms with Crippen LogP contribution in [0.5, 0.6) is 5.75 Å². The topological polar surface area (TPSA) is 56.8 Å². The molecule has 2 saturated heterocycles. The summed E-state index contributed by atoms with van der Waals surface area (Å²) in [5.41, 5.74) is 1.06. The van der Waals surface area contributed by atoms with Gasteiger partial charge in [0.15, 0.2) is 5.66 Å². The van der Waals surface area contributed by atoms with Crippen LogP contribution in [0.2, 0.25) is 10.0 Å². The van der Waals surface area contributed by atoms with Crippen molar-refractivity contribution in [3.63, 3.8) is 0 Å². The Morgan fingerprint density at radius 2 is 1.41 bits per heavy atom. The van der Waals surface area contributed by atoms with Crippen LogP contribution in [0.25, 0.3) is 0 Å². The second kappa shape index (κ2) is 11.4. The van der Waals surface area contributed by atoms with Crippen molar-refractivity contribution in [2.75, 3.05) is 33.2 Å². The zero-order valence-electron chi connectivity index (χ0n) is 22.3. The quantitative estimate of drug-likeness (QED) is 0.408. The Balaban J connectivity index is 1.67. The molecule has 0 aromatic heterocycles. The van der Waals surface area contributed by atoms with E-state index in [1.165, 1.54) is 12.1 Å². The van der Waals surface area contributed by atoms with Gasteiger partial charge in [-0.3, -0.25) is 15.4 Å². The van der Waals surface area contributed by atoms with Gasteiger partial charge in [0.2, 0.25) is 0 Å². The summed E-state index contributed by atoms with van der Waals surface area (Å²) >= 11 is 12.4. The second-order valence-electron chi connectivity index (χ2n) is 10.5. The van der Waals surface area contributed by atoms with Gasteiger partial charge in [-0.1, -0.05) is 47.5 Å². The first-order valence-electron chi connectivity index (χ1n) is 13.2. The van der Waals surface area contributed by atoms with Gasteiger partial charge in [-0.25, -0.2) is 4.39 Å². The van der Waals surface area contributed by atoms with E-state index in [0.29, 0.717) is 34.4 Å². The molecule has 9 heteroatoms. The van der Waals surface area contributed by atoms with Crippen LogP contribution in [-0.4, -0.2) is 55.0 Å². The second-order valence-corrected chi connectivity index (χ2v) is 11.4. The van der Waals surface area contributed by atoms with Crippen molar-refractivity contribution < 1.29 is 13.9 Å². The van der Waals surface area contributed by atoms with Crippen molar-refractivity contribution >= 4 is 29.1 Å². The molecule has 1 amide bonds. The standard InChI is InChI=1S/C30H33Cl2FN4O2/c1-19(2)39-26-18-24(33)12-13-25(26)30(29(38)37-16-14-36(3)15-17-37)34-27(20-4-8-22(31)9-5-20)28(35-30)21-6-10-23(32)11-7-21/h4-13,18-19,27-28,34-35H,14-17H2,1-3H3. The summed E-state index contributed by atoms with van der Waals surface area (Å²) in [6.45, 7) is 6.46. The number of ether oxygens (including phenoxy) is 1. The van der Waals surface area contributed by atoms with Crippen LogP contribution >= 0.6 is 23.2 Å². The van der Waals surface area contributed by atoms with Crippen LogP contribution < -0.4 is 15.4 Å². The molecule has 3 aromatic rings. The highest BCUT2D eigenvalue weighted by atomic mass is 35.5. The third-order valence-corrected chi connectivity index (χ3v) is 7.86. The number of piperazine rings is 1. The third kappa shape index (κ3) is 5.79. The van der Waals surface area contributed by atoms with Crippen LogP contribution in [0.4, 0.5) is 4.39 Å². The first kappa shape index (κ1) is 27.9. The highest BCUT2D eigenvalue weighted by Gasteiger charge is 2.54. The number of benzene rings is 3. The van der Waals surface area contributed by atoms with Crippen molar-refractivity contribution in [2.24, 2.45) is 0 Å². The molecule has 2 fully saturated rings. The van der Waals surface area contributed by atoms with E-state index in [4.69, 9.17) is 27.9 Å². The largest absolute Gasteiger partial charge is 0.490 e. The maximum absolute atomic E-state index is 14.6. The Labute approximate surface area is 239 Å². The van der Waals surface area contributed by atoms with E-state index in [1.54, 1.807) is 6.07 Å². The zero-order valence-corrected chi connectivity index (χ0v) is 23.8. The number of likely N-dealkylation sites (N-methyl/N-ethyl adjacent to an activating group) is 1. The molecular weight excluding hydrogens is 538 g/mol. The Kier molecular flexibility index (Phi) is 8.17. The average Bonchev–Trinajstić information content (AvgIpc) is 3.31. The molecule has 0 radical (unpaired) electrons. The fourth-order valence-corrected chi connectivity index (χ4v) is 5.62. The molecule has 2 aliphatic heterocycles. The lowest BCUT2D eigenvalue weighted by Crippen LogP contribution is -2.62. The lowest BCUT2D eigenvalue weighted by atomic mass is 9.95. The molecule has 2 atom stereocenters. The summed E-state index contributed by atoms with van der Waals surface area (Å²) < 4.78 is 20.6. The van der Waals surface area contributed by atoms with E-state index >= 15 is 0 Å². The van der Waals surface area contributed by atoms with Crippen LogP contribution in [0.1, 0.15) is 42.6 Å². The van der Waals surface area contributed by atoms with Crippen LogP contribution in [0.3, 0.4) is 0 Å². The van der Waals surface area contributed by atoms with Gasteiger partial charge in [0.25, 0.3) is 5.91 Å². The number of hydrogen-bond acceptors (Lipinski definition) is 5. The maximum Gasteiger partial charge on any atom is 0.262 e. The lowest BCUT2D eigenvalue weighted by molar-refractivity contribution is -0.141. The summed E-state index contributed by atoms with van der Waals surface area (Å²) in [7, 11) is 2.05. The molecule has 2 aliphatic rings. The fraction of sp³-hybridized carbons (Fsp3) is 0.367. The molecule has 5 rings (SSSR count). The minimum absolute atomic E-state index is 0.133. The van der Waals surface area contributed by atoms with Crippen LogP contribution in [0.15, 0.2) is 66.7 Å². The molecule has 3 aromatic carbocycles. The molecule has 39 heavy (non-hydrogen) atoms. The Morgan fingerprint density at radius 3 is 1.90 bits per heavy atom. The van der Waals surface area contributed by atoms with Gasteiger partial charge >= 0.3 is 0 Å². The van der Waals surface area contributed by atoms with Gasteiger partial charge in [-0.2, -0.15) is 0 Å². The van der Waals surface area contributed by atoms with Gasteiger partial charge in [0.1, 0.15) is 11.6 Å². The maximum atomic E-state index is 14.6. The molecule has 0 bridgehead atoms. The minimum atomic E-state index is -1.39. The number of nitrogens with zero attached hydrogens (tertiary/aromatic N) is 2. The van der Waals surface area contributed by atoms with Gasteiger partial charge < -0.3 is 14.5 Å². The molecule has 0 spiro atoms.